The summed E-state index contributed by atoms with van der Waals surface area (Å²) in [4.78, 5) is 0. The van der Waals surface area contributed by atoms with Crippen molar-refractivity contribution in [3.63, 3.8) is 0 Å². The molecule has 0 aliphatic rings. The van der Waals surface area contributed by atoms with Crippen molar-refractivity contribution in [2.45, 2.75) is 13.8 Å². The molecule has 0 N–H and O–H groups in total. The third-order valence-electron chi connectivity index (χ3n) is 0. The fourth-order valence-electron chi connectivity index (χ4n) is 0. The summed E-state index contributed by atoms with van der Waals surface area (Å²) in [6, 6.07) is 0. The first-order valence-electron chi connectivity index (χ1n) is 1.15. The van der Waals surface area contributed by atoms with Gasteiger partial charge in [-0.25, -0.2) is 0 Å². The molecule has 0 saturated heterocycles. The van der Waals surface area contributed by atoms with Crippen LogP contribution < -0.4 is 24.8 Å². The van der Waals surface area contributed by atoms with Crippen LogP contribution in [-0.2, 0) is 0 Å². The van der Waals surface area contributed by atoms with Crippen molar-refractivity contribution >= 4 is 0 Å². The van der Waals surface area contributed by atoms with Crippen LogP contribution in [0.3, 0.4) is 0 Å². The van der Waals surface area contributed by atoms with Gasteiger partial charge in [0.25, 0.3) is 0 Å². The zero-order valence-corrected chi connectivity index (χ0v) is 8.49. The van der Waals surface area contributed by atoms with Gasteiger partial charge in [-0.3, -0.25) is 0 Å². The van der Waals surface area contributed by atoms with E-state index in [4.69, 9.17) is 0 Å². The van der Waals surface area contributed by atoms with Crippen LogP contribution in [-0.4, -0.2) is 0 Å². The number of rotatable bonds is 0. The summed E-state index contributed by atoms with van der Waals surface area (Å²) in [7, 11) is 0. The van der Waals surface area contributed by atoms with Crippen LogP contribution in [0.1, 0.15) is 13.8 Å². The van der Waals surface area contributed by atoms with Gasteiger partial charge >= 0.3 is 0 Å². The zero-order valence-electron chi connectivity index (χ0n) is 3.83. The molecule has 0 unspecified atom stereocenters. The Hall–Kier alpha value is 1.96. The smallest absolute Gasteiger partial charge is 0 e. The van der Waals surface area contributed by atoms with E-state index in [1.807, 2.05) is 20.3 Å². The van der Waals surface area contributed by atoms with E-state index in [9.17, 15) is 0 Å². The molecule has 0 spiro atoms. The van der Waals surface area contributed by atoms with Gasteiger partial charge in [-0.1, -0.05) is 13.8 Å². The molecule has 0 bridgehead atoms. The summed E-state index contributed by atoms with van der Waals surface area (Å²) in [5, 5.41) is 0. The summed E-state index contributed by atoms with van der Waals surface area (Å²) in [5.74, 6) is 0. The van der Waals surface area contributed by atoms with E-state index in [0.717, 1.165) is 0 Å². The van der Waals surface area contributed by atoms with Crippen LogP contribution in [0.5, 0.6) is 0 Å². The molecule has 0 nitrogen and oxygen atoms in total. The van der Waals surface area contributed by atoms with Crippen molar-refractivity contribution in [2.75, 3.05) is 0 Å². The Morgan fingerprint density at radius 2 is 1.00 bits per heavy atom. The summed E-state index contributed by atoms with van der Waals surface area (Å²) in [6.07, 6.45) is 2.00. The van der Waals surface area contributed by atoms with E-state index in [1.165, 1.54) is 0 Å². The molecule has 0 aliphatic carbocycles. The molecular weight excluding hydrogens is 247 g/mol. The fourth-order valence-corrected chi connectivity index (χ4v) is 0. The van der Waals surface area contributed by atoms with Crippen LogP contribution in [0.25, 0.3) is 0 Å². The first-order chi connectivity index (χ1) is 1.41. The van der Waals surface area contributed by atoms with Crippen molar-refractivity contribution in [3.8, 4) is 0 Å². The zero-order chi connectivity index (χ0) is 2.71. The van der Waals surface area contributed by atoms with Gasteiger partial charge in [-0.2, -0.15) is 0 Å². The normalized spacial score (nSPS) is 3.00. The standard InChI is InChI=1S/C3H7.Ce.2ClH/c1-3-2;;;/h3H,1-2H3;;2*1H/p-2. The molecular formula is C3H7CeCl2-2. The fraction of sp³-hybridized carbons (Fsp3) is 0.667. The quantitative estimate of drug-likeness (QED) is 0.407. The Labute approximate surface area is 85.7 Å². The van der Waals surface area contributed by atoms with Crippen molar-refractivity contribution in [1.82, 2.24) is 0 Å². The van der Waals surface area contributed by atoms with Crippen LogP contribution >= 0.6 is 0 Å². The Balaban J connectivity index is -0.00000000667. The maximum absolute atomic E-state index is 2.00. The van der Waals surface area contributed by atoms with Gasteiger partial charge in [-0.15, -0.1) is 0 Å². The van der Waals surface area contributed by atoms with Gasteiger partial charge < -0.3 is 24.8 Å². The number of hydrogen-bond acceptors (Lipinski definition) is 0. The Bertz CT molecular complexity index is 8.75. The van der Waals surface area contributed by atoms with Gasteiger partial charge in [0.15, 0.2) is 0 Å². The van der Waals surface area contributed by atoms with E-state index < -0.39 is 0 Å². The predicted octanol–water partition coefficient (Wildman–Crippen LogP) is -4.76. The van der Waals surface area contributed by atoms with Crippen LogP contribution in [0.2, 0.25) is 0 Å². The van der Waals surface area contributed by atoms with Crippen LogP contribution in [0.4, 0.5) is 0 Å². The molecule has 0 aromatic rings. The maximum Gasteiger partial charge on any atom is 0 e. The summed E-state index contributed by atoms with van der Waals surface area (Å²) in [6.45, 7) is 4.00. The molecule has 0 aliphatic heterocycles. The van der Waals surface area contributed by atoms with Gasteiger partial charge in [0.1, 0.15) is 0 Å². The molecule has 0 aromatic carbocycles. The molecule has 1 radical (unpaired) electrons. The molecule has 0 amide bonds. The van der Waals surface area contributed by atoms with Gasteiger partial charge in [-0.05, 0) is 6.42 Å². The van der Waals surface area contributed by atoms with Crippen molar-refractivity contribution in [2.24, 2.45) is 0 Å². The topological polar surface area (TPSA) is 0 Å². The van der Waals surface area contributed by atoms with Gasteiger partial charge in [0, 0.05) is 41.7 Å². The molecule has 0 heterocycles. The van der Waals surface area contributed by atoms with E-state index in [1.54, 1.807) is 0 Å². The first-order valence-corrected chi connectivity index (χ1v) is 1.15. The van der Waals surface area contributed by atoms with E-state index in [0.29, 0.717) is 0 Å². The summed E-state index contributed by atoms with van der Waals surface area (Å²) in [5.41, 5.74) is 0. The second kappa shape index (κ2) is 28.2. The maximum atomic E-state index is 2.00. The second-order valence-corrected chi connectivity index (χ2v) is 0.577. The minimum absolute atomic E-state index is 0. The molecule has 6 heavy (non-hydrogen) atoms. The molecule has 0 rings (SSSR count). The largest absolute Gasteiger partial charge is 1.00 e. The molecule has 3 heteroatoms. The number of halogens is 2. The van der Waals surface area contributed by atoms with Crippen LogP contribution in [0.15, 0.2) is 0 Å². The minimum Gasteiger partial charge on any atom is -1.00 e. The summed E-state index contributed by atoms with van der Waals surface area (Å²) >= 11 is 0. The van der Waals surface area contributed by atoms with Crippen LogP contribution in [0, 0.1) is 48.2 Å². The second-order valence-electron chi connectivity index (χ2n) is 0.577. The molecule has 0 saturated carbocycles. The Morgan fingerprint density at radius 3 is 1.00 bits per heavy atom. The Kier molecular flexibility index (Phi) is 116. The van der Waals surface area contributed by atoms with Crippen molar-refractivity contribution < 1.29 is 66.6 Å². The third-order valence-corrected chi connectivity index (χ3v) is 0. The van der Waals surface area contributed by atoms with Gasteiger partial charge in [0.05, 0.1) is 0 Å². The SMILES string of the molecule is C[CH]C.[Ce].[Cl-].[Cl-]. The summed E-state index contributed by atoms with van der Waals surface area (Å²) < 4.78 is 0. The van der Waals surface area contributed by atoms with Crippen molar-refractivity contribution in [3.05, 3.63) is 6.42 Å². The van der Waals surface area contributed by atoms with Gasteiger partial charge in [0.2, 0.25) is 0 Å². The van der Waals surface area contributed by atoms with E-state index in [-0.39, 0.29) is 66.6 Å². The predicted molar refractivity (Wildman–Crippen MR) is 15.6 cm³/mol. The molecule has 39 valence electrons. The molecule has 0 fully saturated rings. The number of hydrogen-bond donors (Lipinski definition) is 0. The molecule has 0 aromatic heterocycles. The monoisotopic (exact) mass is 253 g/mol. The average Bonchev–Trinajstić information content (AvgIpc) is 0.918. The Morgan fingerprint density at radius 1 is 1.00 bits per heavy atom. The first kappa shape index (κ1) is 24.6. The average molecular weight is 254 g/mol. The van der Waals surface area contributed by atoms with E-state index >= 15 is 0 Å². The van der Waals surface area contributed by atoms with E-state index in [2.05, 4.69) is 0 Å². The van der Waals surface area contributed by atoms with Crippen molar-refractivity contribution in [1.29, 1.82) is 0 Å². The minimum atomic E-state index is 0. The molecule has 0 atom stereocenters. The third kappa shape index (κ3) is 38.2.